The highest BCUT2D eigenvalue weighted by Gasteiger charge is 2.40. The van der Waals surface area contributed by atoms with Crippen LogP contribution in [-0.4, -0.2) is 29.4 Å². The van der Waals surface area contributed by atoms with Gasteiger partial charge in [-0.1, -0.05) is 41.0 Å². The highest BCUT2D eigenvalue weighted by molar-refractivity contribution is 7.89. The van der Waals surface area contributed by atoms with Crippen LogP contribution in [0.25, 0.3) is 11.4 Å². The number of nitrogens with zero attached hydrogens (tertiary/aromatic N) is 3. The number of hydrogen-bond donors (Lipinski definition) is 0. The monoisotopic (exact) mass is 417 g/mol. The molecule has 0 bridgehead atoms. The zero-order valence-corrected chi connectivity index (χ0v) is 17.2. The second kappa shape index (κ2) is 7.31. The predicted molar refractivity (Wildman–Crippen MR) is 107 cm³/mol. The SMILES string of the molecule is Cc1ccc(C)c(S(=O)(=O)N2CCC[C@H]2c2nc(-c3cccc(Cl)c3)no2)c1. The Balaban J connectivity index is 1.68. The maximum atomic E-state index is 13.3. The number of aryl methyl sites for hydroxylation is 2. The van der Waals surface area contributed by atoms with Crippen molar-refractivity contribution in [3.8, 4) is 11.4 Å². The lowest BCUT2D eigenvalue weighted by Crippen LogP contribution is -2.31. The minimum atomic E-state index is -3.67. The highest BCUT2D eigenvalue weighted by atomic mass is 35.5. The highest BCUT2D eigenvalue weighted by Crippen LogP contribution is 2.37. The van der Waals surface area contributed by atoms with E-state index in [4.69, 9.17) is 16.1 Å². The summed E-state index contributed by atoms with van der Waals surface area (Å²) in [5.41, 5.74) is 2.35. The lowest BCUT2D eigenvalue weighted by molar-refractivity contribution is 0.290. The summed E-state index contributed by atoms with van der Waals surface area (Å²) in [5, 5.41) is 4.60. The minimum absolute atomic E-state index is 0.307. The van der Waals surface area contributed by atoms with Crippen molar-refractivity contribution < 1.29 is 12.9 Å². The van der Waals surface area contributed by atoms with Crippen LogP contribution in [0.5, 0.6) is 0 Å². The van der Waals surface area contributed by atoms with Gasteiger partial charge >= 0.3 is 0 Å². The zero-order chi connectivity index (χ0) is 19.9. The molecule has 0 unspecified atom stereocenters. The van der Waals surface area contributed by atoms with Crippen LogP contribution in [0.4, 0.5) is 0 Å². The zero-order valence-electron chi connectivity index (χ0n) is 15.6. The van der Waals surface area contributed by atoms with E-state index in [0.717, 1.165) is 23.1 Å². The molecule has 146 valence electrons. The smallest absolute Gasteiger partial charge is 0.245 e. The standard InChI is InChI=1S/C20H20ClN3O3S/c1-13-8-9-14(2)18(11-13)28(25,26)24-10-4-7-17(24)20-22-19(23-27-20)15-5-3-6-16(21)12-15/h3,5-6,8-9,11-12,17H,4,7,10H2,1-2H3/t17-/m0/s1. The van der Waals surface area contributed by atoms with Crippen molar-refractivity contribution in [1.29, 1.82) is 0 Å². The molecule has 1 aliphatic heterocycles. The van der Waals surface area contributed by atoms with Gasteiger partial charge in [-0.3, -0.25) is 0 Å². The van der Waals surface area contributed by atoms with Gasteiger partial charge in [0.25, 0.3) is 0 Å². The molecule has 0 spiro atoms. The van der Waals surface area contributed by atoms with Gasteiger partial charge in [0.05, 0.1) is 4.90 Å². The summed E-state index contributed by atoms with van der Waals surface area (Å²) in [6.07, 6.45) is 1.38. The fraction of sp³-hybridized carbons (Fsp3) is 0.300. The molecule has 1 aromatic heterocycles. The van der Waals surface area contributed by atoms with Crippen molar-refractivity contribution in [2.75, 3.05) is 6.54 Å². The maximum Gasteiger partial charge on any atom is 0.245 e. The Labute approximate surface area is 169 Å². The number of rotatable bonds is 4. The summed E-state index contributed by atoms with van der Waals surface area (Å²) in [4.78, 5) is 4.79. The maximum absolute atomic E-state index is 13.3. The van der Waals surface area contributed by atoms with Crippen molar-refractivity contribution in [3.63, 3.8) is 0 Å². The van der Waals surface area contributed by atoms with Gasteiger partial charge in [-0.15, -0.1) is 0 Å². The number of halogens is 1. The summed E-state index contributed by atoms with van der Waals surface area (Å²) in [7, 11) is -3.67. The first-order valence-corrected chi connectivity index (χ1v) is 10.9. The second-order valence-corrected chi connectivity index (χ2v) is 9.30. The molecule has 0 aliphatic carbocycles. The van der Waals surface area contributed by atoms with Crippen LogP contribution in [-0.2, 0) is 10.0 Å². The largest absolute Gasteiger partial charge is 0.337 e. The molecule has 1 fully saturated rings. The molecule has 0 saturated carbocycles. The Morgan fingerprint density at radius 1 is 1.18 bits per heavy atom. The Kier molecular flexibility index (Phi) is 4.99. The van der Waals surface area contributed by atoms with E-state index in [1.54, 1.807) is 31.2 Å². The third-order valence-electron chi connectivity index (χ3n) is 4.94. The fourth-order valence-corrected chi connectivity index (χ4v) is 5.65. The fourth-order valence-electron chi connectivity index (χ4n) is 3.50. The summed E-state index contributed by atoms with van der Waals surface area (Å²) < 4.78 is 33.6. The number of aromatic nitrogens is 2. The molecule has 28 heavy (non-hydrogen) atoms. The molecule has 1 saturated heterocycles. The summed E-state index contributed by atoms with van der Waals surface area (Å²) in [6.45, 7) is 4.12. The molecule has 2 aromatic carbocycles. The Morgan fingerprint density at radius 3 is 2.79 bits per heavy atom. The quantitative estimate of drug-likeness (QED) is 0.623. The van der Waals surface area contributed by atoms with E-state index in [2.05, 4.69) is 10.1 Å². The Morgan fingerprint density at radius 2 is 2.00 bits per heavy atom. The summed E-state index contributed by atoms with van der Waals surface area (Å²) in [6, 6.07) is 12.1. The third kappa shape index (κ3) is 3.45. The molecular formula is C20H20ClN3O3S. The van der Waals surface area contributed by atoms with Gasteiger partial charge < -0.3 is 4.52 Å². The van der Waals surface area contributed by atoms with Crippen molar-refractivity contribution in [1.82, 2.24) is 14.4 Å². The lowest BCUT2D eigenvalue weighted by atomic mass is 10.2. The van der Waals surface area contributed by atoms with E-state index in [0.29, 0.717) is 34.6 Å². The molecule has 3 aromatic rings. The second-order valence-electron chi connectivity index (χ2n) is 7.01. The van der Waals surface area contributed by atoms with E-state index in [1.807, 2.05) is 25.1 Å². The molecule has 0 radical (unpaired) electrons. The van der Waals surface area contributed by atoms with Crippen LogP contribution in [0.1, 0.15) is 35.9 Å². The molecule has 2 heterocycles. The van der Waals surface area contributed by atoms with E-state index >= 15 is 0 Å². The van der Waals surface area contributed by atoms with Crippen LogP contribution in [0, 0.1) is 13.8 Å². The first-order chi connectivity index (χ1) is 13.4. The third-order valence-corrected chi connectivity index (χ3v) is 7.23. The lowest BCUT2D eigenvalue weighted by Gasteiger charge is -2.22. The molecule has 8 heteroatoms. The van der Waals surface area contributed by atoms with Gasteiger partial charge in [0.2, 0.25) is 21.7 Å². The number of hydrogen-bond acceptors (Lipinski definition) is 5. The van der Waals surface area contributed by atoms with E-state index < -0.39 is 16.1 Å². The van der Waals surface area contributed by atoms with Crippen molar-refractivity contribution in [2.45, 2.75) is 37.6 Å². The van der Waals surface area contributed by atoms with Gasteiger partial charge in [-0.05, 0) is 56.0 Å². The predicted octanol–water partition coefficient (Wildman–Crippen LogP) is 4.53. The van der Waals surface area contributed by atoms with E-state index in [9.17, 15) is 8.42 Å². The molecule has 1 aliphatic rings. The van der Waals surface area contributed by atoms with Gasteiger partial charge in [0.15, 0.2) is 0 Å². The normalized spacial score (nSPS) is 17.9. The van der Waals surface area contributed by atoms with Crippen LogP contribution in [0.2, 0.25) is 5.02 Å². The number of sulfonamides is 1. The average molecular weight is 418 g/mol. The summed E-state index contributed by atoms with van der Waals surface area (Å²) >= 11 is 6.03. The van der Waals surface area contributed by atoms with Crippen LogP contribution < -0.4 is 0 Å². The Bertz CT molecular complexity index is 1130. The molecule has 6 nitrogen and oxygen atoms in total. The molecule has 4 rings (SSSR count). The van der Waals surface area contributed by atoms with Gasteiger partial charge in [0.1, 0.15) is 6.04 Å². The first-order valence-electron chi connectivity index (χ1n) is 9.05. The summed E-state index contributed by atoms with van der Waals surface area (Å²) in [5.74, 6) is 0.704. The Hall–Kier alpha value is -2.22. The van der Waals surface area contributed by atoms with Crippen molar-refractivity contribution in [2.24, 2.45) is 0 Å². The number of benzene rings is 2. The van der Waals surface area contributed by atoms with Crippen molar-refractivity contribution >= 4 is 21.6 Å². The van der Waals surface area contributed by atoms with Crippen LogP contribution >= 0.6 is 11.6 Å². The molecule has 0 N–H and O–H groups in total. The molecular weight excluding hydrogens is 398 g/mol. The topological polar surface area (TPSA) is 76.3 Å². The molecule has 1 atom stereocenters. The van der Waals surface area contributed by atoms with Gasteiger partial charge in [-0.2, -0.15) is 9.29 Å². The van der Waals surface area contributed by atoms with Crippen LogP contribution in [0.15, 0.2) is 51.9 Å². The van der Waals surface area contributed by atoms with Crippen molar-refractivity contribution in [3.05, 3.63) is 64.5 Å². The van der Waals surface area contributed by atoms with E-state index in [1.165, 1.54) is 4.31 Å². The first kappa shape index (κ1) is 19.1. The minimum Gasteiger partial charge on any atom is -0.337 e. The van der Waals surface area contributed by atoms with E-state index in [-0.39, 0.29) is 0 Å². The van der Waals surface area contributed by atoms with Gasteiger partial charge in [0, 0.05) is 17.1 Å². The van der Waals surface area contributed by atoms with Gasteiger partial charge in [-0.25, -0.2) is 8.42 Å². The van der Waals surface area contributed by atoms with Crippen LogP contribution in [0.3, 0.4) is 0 Å². The molecule has 0 amide bonds. The average Bonchev–Trinajstić information content (AvgIpc) is 3.33.